The van der Waals surface area contributed by atoms with Gasteiger partial charge in [0.05, 0.1) is 13.5 Å². The molecule has 9 aromatic carbocycles. The minimum Gasteiger partial charge on any atom is -0.313 e. The van der Waals surface area contributed by atoms with E-state index in [0.29, 0.717) is 37.8 Å². The van der Waals surface area contributed by atoms with Crippen LogP contribution in [0, 0.1) is 5.41 Å². The molecular formula is C62H43B9N2. The number of benzene rings is 9. The van der Waals surface area contributed by atoms with Crippen molar-refractivity contribution in [2.24, 2.45) is 5.41 Å². The first-order chi connectivity index (χ1) is 34.8. The fourth-order valence-corrected chi connectivity index (χ4v) is 12.4. The highest BCUT2D eigenvalue weighted by Crippen LogP contribution is 2.63. The van der Waals surface area contributed by atoms with Crippen molar-refractivity contribution in [3.05, 3.63) is 168 Å². The number of aromatic nitrogens is 1. The fourth-order valence-electron chi connectivity index (χ4n) is 12.4. The monoisotopic (exact) mass is 914 g/mol. The molecule has 328 valence electrons. The van der Waals surface area contributed by atoms with E-state index in [1.54, 1.807) is 0 Å². The molecular weight excluding hydrogens is 870 g/mol. The van der Waals surface area contributed by atoms with Crippen LogP contribution in [-0.4, -0.2) is 75.2 Å². The van der Waals surface area contributed by atoms with Crippen LogP contribution in [0.3, 0.4) is 0 Å². The summed E-state index contributed by atoms with van der Waals surface area (Å²) in [6.07, 6.45) is 0. The van der Waals surface area contributed by atoms with Crippen molar-refractivity contribution in [2.75, 3.05) is 4.90 Å². The molecule has 11 heteroatoms. The van der Waals surface area contributed by atoms with E-state index in [9.17, 15) is 0 Å². The van der Waals surface area contributed by atoms with E-state index < -0.39 is 5.82 Å². The molecule has 12 rings (SSSR count). The molecule has 1 aromatic heterocycles. The van der Waals surface area contributed by atoms with Gasteiger partial charge in [-0.3, -0.25) is 0 Å². The van der Waals surface area contributed by atoms with Gasteiger partial charge in [-0.05, 0) is 131 Å². The molecule has 18 radical (unpaired) electrons. The molecule has 0 bridgehead atoms. The van der Waals surface area contributed by atoms with Crippen LogP contribution >= 0.6 is 0 Å². The van der Waals surface area contributed by atoms with Crippen molar-refractivity contribution in [1.29, 1.82) is 0 Å². The Balaban J connectivity index is 1.12. The highest BCUT2D eigenvalue weighted by molar-refractivity contribution is 6.70. The Hall–Kier alpha value is -6.58. The van der Waals surface area contributed by atoms with Gasteiger partial charge in [-0.2, -0.15) is 0 Å². The molecule has 0 amide bonds. The zero-order valence-electron chi connectivity index (χ0n) is 42.0. The third kappa shape index (κ3) is 6.49. The van der Waals surface area contributed by atoms with E-state index in [-0.39, 0.29) is 49.0 Å². The van der Waals surface area contributed by atoms with E-state index in [2.05, 4.69) is 184 Å². The third-order valence-electron chi connectivity index (χ3n) is 17.6. The predicted molar refractivity (Wildman–Crippen MR) is 320 cm³/mol. The first kappa shape index (κ1) is 47.4. The molecule has 0 saturated heterocycles. The van der Waals surface area contributed by atoms with Crippen LogP contribution in [0.25, 0.3) is 77.0 Å². The lowest BCUT2D eigenvalue weighted by Gasteiger charge is -2.44. The average Bonchev–Trinajstić information content (AvgIpc) is 3.91. The van der Waals surface area contributed by atoms with Crippen LogP contribution in [0.4, 0.5) is 17.1 Å². The number of anilines is 3. The van der Waals surface area contributed by atoms with Gasteiger partial charge in [-0.1, -0.05) is 160 Å². The minimum absolute atomic E-state index is 0.146. The molecule has 0 N–H and O–H groups in total. The molecule has 10 aromatic rings. The van der Waals surface area contributed by atoms with E-state index >= 15 is 0 Å². The molecule has 2 nitrogen and oxygen atoms in total. The maximum absolute atomic E-state index is 7.37. The minimum atomic E-state index is -0.794. The number of rotatable bonds is 7. The average molecular weight is 913 g/mol. The van der Waals surface area contributed by atoms with Crippen LogP contribution < -0.4 is 48.4 Å². The first-order valence-corrected chi connectivity index (χ1v) is 24.8. The lowest BCUT2D eigenvalue weighted by atomic mass is 9.59. The van der Waals surface area contributed by atoms with Crippen LogP contribution in [0.1, 0.15) is 64.2 Å². The Morgan fingerprint density at radius 1 is 0.411 bits per heavy atom. The molecule has 2 aliphatic rings. The maximum atomic E-state index is 7.37. The molecule has 0 saturated carbocycles. The van der Waals surface area contributed by atoms with Crippen LogP contribution in [0.5, 0.6) is 0 Å². The molecule has 1 heterocycles. The normalized spacial score (nSPS) is 16.2. The Kier molecular flexibility index (Phi) is 10.7. The van der Waals surface area contributed by atoms with E-state index in [4.69, 9.17) is 70.6 Å². The van der Waals surface area contributed by atoms with Gasteiger partial charge in [0.15, 0.2) is 0 Å². The third-order valence-corrected chi connectivity index (χ3v) is 17.6. The van der Waals surface area contributed by atoms with Gasteiger partial charge in [-0.15, -0.1) is 21.9 Å². The first-order valence-electron chi connectivity index (χ1n) is 24.8. The SMILES string of the molecule is [B]C1=c2c3c([B])c([B])c([B])c([B])c3c3c([B])c([B])c([B])c4c3c2c(n4-c2cc3c(cc2-c2ccc(N(c4ccc(-c5ccccc5)cc4)c4ccc(-c5ccccc5)cc4)cc2)C(C)(C)C(C)(C)C3(C)C)C1[B]. The highest BCUT2D eigenvalue weighted by Gasteiger charge is 2.57. The number of hydrogen-bond acceptors (Lipinski definition) is 1. The van der Waals surface area contributed by atoms with Gasteiger partial charge in [0.2, 0.25) is 0 Å². The summed E-state index contributed by atoms with van der Waals surface area (Å²) < 4.78 is 2.17. The van der Waals surface area contributed by atoms with Crippen LogP contribution in [0.2, 0.25) is 0 Å². The van der Waals surface area contributed by atoms with Crippen LogP contribution in [0.15, 0.2) is 146 Å². The zero-order chi connectivity index (χ0) is 51.4. The summed E-state index contributed by atoms with van der Waals surface area (Å²) in [4.78, 5) is 2.30. The van der Waals surface area contributed by atoms with Gasteiger partial charge < -0.3 is 9.47 Å². The zero-order valence-corrected chi connectivity index (χ0v) is 42.0. The Bertz CT molecular complexity index is 3930. The van der Waals surface area contributed by atoms with Gasteiger partial charge in [-0.25, -0.2) is 0 Å². The summed E-state index contributed by atoms with van der Waals surface area (Å²) in [6.45, 7) is 14.1. The predicted octanol–water partition coefficient (Wildman–Crippen LogP) is 6.78. The molecule has 2 aliphatic carbocycles. The van der Waals surface area contributed by atoms with Gasteiger partial charge in [0.1, 0.15) is 62.8 Å². The van der Waals surface area contributed by atoms with Crippen molar-refractivity contribution in [2.45, 2.75) is 58.2 Å². The van der Waals surface area contributed by atoms with E-state index in [1.165, 1.54) is 11.1 Å². The van der Waals surface area contributed by atoms with Gasteiger partial charge >= 0.3 is 0 Å². The Morgan fingerprint density at radius 2 is 0.808 bits per heavy atom. The van der Waals surface area contributed by atoms with E-state index in [1.807, 2.05) is 12.1 Å². The summed E-state index contributed by atoms with van der Waals surface area (Å²) in [5, 5.41) is 3.73. The summed E-state index contributed by atoms with van der Waals surface area (Å²) in [7, 11) is 62.8. The second-order valence-corrected chi connectivity index (χ2v) is 21.6. The number of nitrogens with zero attached hydrogens (tertiary/aromatic N) is 2. The Morgan fingerprint density at radius 3 is 1.29 bits per heavy atom. The van der Waals surface area contributed by atoms with E-state index in [0.717, 1.165) is 72.6 Å². The van der Waals surface area contributed by atoms with Crippen molar-refractivity contribution in [3.8, 4) is 39.1 Å². The van der Waals surface area contributed by atoms with Crippen molar-refractivity contribution in [3.63, 3.8) is 0 Å². The standard InChI is InChI=1S/C62H43B9N2/c1-60(2)40-29-39(35-21-27-38(28-22-35)72(36-23-17-33(18-24-36)31-13-9-7-10-14-31)37-25-19-34(20-26-37)32-15-11-8-12-16-32)42(30-41(40)61(3,4)62(60,5)6)73-58-48-46(52(66)56(58)70)44-43(49(63)53(67)54(68)50(44)64)45-47(48)59(73)57(71)55(69)51(45)65/h7-30,56H,1-6H3. The lowest BCUT2D eigenvalue weighted by molar-refractivity contribution is 0.125. The molecule has 73 heavy (non-hydrogen) atoms. The number of hydrogen-bond donors (Lipinski definition) is 0. The van der Waals surface area contributed by atoms with Crippen molar-refractivity contribution < 1.29 is 0 Å². The maximum Gasteiger partial charge on any atom is 0.115 e. The molecule has 0 fully saturated rings. The molecule has 0 aliphatic heterocycles. The summed E-state index contributed by atoms with van der Waals surface area (Å²) in [5.41, 5.74) is 15.6. The highest BCUT2D eigenvalue weighted by atomic mass is 15.1. The number of fused-ring (bicyclic) bond motifs is 4. The van der Waals surface area contributed by atoms with Crippen LogP contribution in [-0.2, 0) is 10.8 Å². The second kappa shape index (κ2) is 16.5. The van der Waals surface area contributed by atoms with Crippen molar-refractivity contribution in [1.82, 2.24) is 4.57 Å². The smallest absolute Gasteiger partial charge is 0.115 e. The van der Waals surface area contributed by atoms with Crippen molar-refractivity contribution >= 4 is 164 Å². The molecule has 1 unspecified atom stereocenters. The largest absolute Gasteiger partial charge is 0.313 e. The summed E-state index contributed by atoms with van der Waals surface area (Å²) >= 11 is 0. The topological polar surface area (TPSA) is 8.17 Å². The second-order valence-electron chi connectivity index (χ2n) is 21.6. The van der Waals surface area contributed by atoms with Gasteiger partial charge in [0.25, 0.3) is 0 Å². The summed E-state index contributed by atoms with van der Waals surface area (Å²) in [5.74, 6) is -0.794. The molecule has 0 spiro atoms. The fraction of sp³-hybridized carbons (Fsp3) is 0.161. The quantitative estimate of drug-likeness (QED) is 0.127. The Labute approximate surface area is 441 Å². The lowest BCUT2D eigenvalue weighted by Crippen LogP contribution is -2.50. The summed E-state index contributed by atoms with van der Waals surface area (Å²) in [6, 6.07) is 51.9. The molecule has 1 atom stereocenters. The van der Waals surface area contributed by atoms with Gasteiger partial charge in [0, 0.05) is 44.6 Å².